The highest BCUT2D eigenvalue weighted by molar-refractivity contribution is 6.30. The molecule has 0 saturated carbocycles. The lowest BCUT2D eigenvalue weighted by Gasteiger charge is -2.25. The summed E-state index contributed by atoms with van der Waals surface area (Å²) >= 11 is 5.84. The smallest absolute Gasteiger partial charge is 0.258 e. The minimum atomic E-state index is -0.757. The summed E-state index contributed by atoms with van der Waals surface area (Å²) in [6.07, 6.45) is 1.31. The number of halogens is 2. The van der Waals surface area contributed by atoms with Crippen molar-refractivity contribution in [3.8, 4) is 0 Å². The maximum atomic E-state index is 13.5. The Morgan fingerprint density at radius 3 is 2.55 bits per heavy atom. The first-order chi connectivity index (χ1) is 9.50. The van der Waals surface area contributed by atoms with Gasteiger partial charge in [0, 0.05) is 18.3 Å². The molecule has 5 heteroatoms. The first-order valence-electron chi connectivity index (χ1n) is 6.14. The topological polar surface area (TPSA) is 33.2 Å². The predicted molar refractivity (Wildman–Crippen MR) is 76.2 cm³/mol. The summed E-state index contributed by atoms with van der Waals surface area (Å²) in [7, 11) is 1.63. The molecule has 1 atom stereocenters. The van der Waals surface area contributed by atoms with Crippen molar-refractivity contribution >= 4 is 17.5 Å². The van der Waals surface area contributed by atoms with E-state index in [1.54, 1.807) is 19.2 Å². The highest BCUT2D eigenvalue weighted by Crippen LogP contribution is 2.22. The lowest BCUT2D eigenvalue weighted by atomic mass is 10.1. The maximum Gasteiger partial charge on any atom is 0.258 e. The van der Waals surface area contributed by atoms with Gasteiger partial charge in [-0.25, -0.2) is 4.98 Å². The summed E-state index contributed by atoms with van der Waals surface area (Å²) in [6, 6.07) is 9.98. The van der Waals surface area contributed by atoms with Crippen LogP contribution < -0.4 is 0 Å². The molecule has 0 radical (unpaired) electrons. The van der Waals surface area contributed by atoms with E-state index in [0.29, 0.717) is 5.02 Å². The molecule has 1 aromatic carbocycles. The van der Waals surface area contributed by atoms with Crippen LogP contribution in [0.15, 0.2) is 42.6 Å². The van der Waals surface area contributed by atoms with Crippen LogP contribution in [0.3, 0.4) is 0 Å². The van der Waals surface area contributed by atoms with Gasteiger partial charge in [0.15, 0.2) is 0 Å². The van der Waals surface area contributed by atoms with Crippen LogP contribution in [-0.4, -0.2) is 22.8 Å². The lowest BCUT2D eigenvalue weighted by molar-refractivity contribution is 0.0737. The van der Waals surface area contributed by atoms with E-state index in [2.05, 4.69) is 4.98 Å². The van der Waals surface area contributed by atoms with Crippen molar-refractivity contribution in [2.45, 2.75) is 13.0 Å². The molecular weight excluding hydrogens is 279 g/mol. The van der Waals surface area contributed by atoms with E-state index < -0.39 is 11.9 Å². The third-order valence-electron chi connectivity index (χ3n) is 3.24. The average molecular weight is 293 g/mol. The summed E-state index contributed by atoms with van der Waals surface area (Å²) < 4.78 is 13.5. The molecule has 0 N–H and O–H groups in total. The minimum Gasteiger partial charge on any atom is -0.335 e. The quantitative estimate of drug-likeness (QED) is 0.808. The first kappa shape index (κ1) is 14.5. The number of amides is 1. The Hall–Kier alpha value is -1.94. The molecule has 1 unspecified atom stereocenters. The molecule has 0 aliphatic carbocycles. The van der Waals surface area contributed by atoms with Crippen LogP contribution >= 0.6 is 11.6 Å². The molecule has 1 amide bonds. The molecule has 0 aliphatic rings. The van der Waals surface area contributed by atoms with Crippen LogP contribution in [0.5, 0.6) is 0 Å². The van der Waals surface area contributed by atoms with Gasteiger partial charge in [-0.15, -0.1) is 0 Å². The Morgan fingerprint density at radius 2 is 1.95 bits per heavy atom. The van der Waals surface area contributed by atoms with Crippen molar-refractivity contribution in [3.05, 3.63) is 64.7 Å². The fourth-order valence-electron chi connectivity index (χ4n) is 1.88. The monoisotopic (exact) mass is 292 g/mol. The second-order valence-electron chi connectivity index (χ2n) is 4.49. The van der Waals surface area contributed by atoms with Gasteiger partial charge in [-0.05, 0) is 36.8 Å². The molecular formula is C15H14ClFN2O. The Bertz CT molecular complexity index is 616. The van der Waals surface area contributed by atoms with Crippen LogP contribution in [-0.2, 0) is 0 Å². The summed E-state index contributed by atoms with van der Waals surface area (Å²) in [6.45, 7) is 1.87. The summed E-state index contributed by atoms with van der Waals surface area (Å²) in [5.74, 6) is -1.16. The standard InChI is InChI=1S/C15H14ClFN2O/c1-10(11-5-7-12(16)8-6-11)19(2)15(20)13-4-3-9-18-14(13)17/h3-10H,1-2H3. The van der Waals surface area contributed by atoms with Crippen molar-refractivity contribution in [1.82, 2.24) is 9.88 Å². The lowest BCUT2D eigenvalue weighted by Crippen LogP contribution is -2.30. The fraction of sp³-hybridized carbons (Fsp3) is 0.200. The van der Waals surface area contributed by atoms with E-state index in [4.69, 9.17) is 11.6 Å². The zero-order valence-electron chi connectivity index (χ0n) is 11.2. The fourth-order valence-corrected chi connectivity index (χ4v) is 2.00. The molecule has 104 valence electrons. The zero-order chi connectivity index (χ0) is 14.7. The third kappa shape index (κ3) is 2.96. The molecule has 0 aliphatic heterocycles. The van der Waals surface area contributed by atoms with Crippen molar-refractivity contribution in [2.75, 3.05) is 7.05 Å². The van der Waals surface area contributed by atoms with Crippen LogP contribution in [0.25, 0.3) is 0 Å². The van der Waals surface area contributed by atoms with E-state index in [1.165, 1.54) is 23.2 Å². The number of nitrogens with zero attached hydrogens (tertiary/aromatic N) is 2. The average Bonchev–Trinajstić information content (AvgIpc) is 2.46. The van der Waals surface area contributed by atoms with Gasteiger partial charge in [0.25, 0.3) is 5.91 Å². The van der Waals surface area contributed by atoms with E-state index in [9.17, 15) is 9.18 Å². The molecule has 0 saturated heterocycles. The number of pyridine rings is 1. The van der Waals surface area contributed by atoms with Crippen LogP contribution in [0.1, 0.15) is 28.9 Å². The van der Waals surface area contributed by atoms with Gasteiger partial charge in [0.05, 0.1) is 11.6 Å². The van der Waals surface area contributed by atoms with Crippen molar-refractivity contribution < 1.29 is 9.18 Å². The third-order valence-corrected chi connectivity index (χ3v) is 3.50. The predicted octanol–water partition coefficient (Wildman–Crippen LogP) is 3.71. The molecule has 0 bridgehead atoms. The van der Waals surface area contributed by atoms with Gasteiger partial charge in [-0.2, -0.15) is 4.39 Å². The number of benzene rings is 1. The van der Waals surface area contributed by atoms with Gasteiger partial charge in [-0.3, -0.25) is 4.79 Å². The second-order valence-corrected chi connectivity index (χ2v) is 4.92. The molecule has 0 spiro atoms. The van der Waals surface area contributed by atoms with Crippen molar-refractivity contribution in [3.63, 3.8) is 0 Å². The number of hydrogen-bond acceptors (Lipinski definition) is 2. The largest absolute Gasteiger partial charge is 0.335 e. The Kier molecular flexibility index (Phi) is 4.35. The number of carbonyl (C=O) groups is 1. The van der Waals surface area contributed by atoms with E-state index >= 15 is 0 Å². The van der Waals surface area contributed by atoms with Gasteiger partial charge < -0.3 is 4.90 Å². The summed E-state index contributed by atoms with van der Waals surface area (Å²) in [5, 5.41) is 0.633. The second kappa shape index (κ2) is 6.01. The Labute approximate surface area is 122 Å². The summed E-state index contributed by atoms with van der Waals surface area (Å²) in [4.78, 5) is 17.2. The number of rotatable bonds is 3. The Balaban J connectivity index is 2.22. The van der Waals surface area contributed by atoms with Gasteiger partial charge in [0.1, 0.15) is 0 Å². The molecule has 20 heavy (non-hydrogen) atoms. The van der Waals surface area contributed by atoms with Crippen molar-refractivity contribution in [1.29, 1.82) is 0 Å². The maximum absolute atomic E-state index is 13.5. The number of hydrogen-bond donors (Lipinski definition) is 0. The van der Waals surface area contributed by atoms with E-state index in [-0.39, 0.29) is 11.6 Å². The molecule has 1 heterocycles. The van der Waals surface area contributed by atoms with Gasteiger partial charge >= 0.3 is 0 Å². The number of aromatic nitrogens is 1. The van der Waals surface area contributed by atoms with Gasteiger partial charge in [-0.1, -0.05) is 23.7 Å². The molecule has 0 fully saturated rings. The molecule has 3 nitrogen and oxygen atoms in total. The summed E-state index contributed by atoms with van der Waals surface area (Å²) in [5.41, 5.74) is 0.894. The van der Waals surface area contributed by atoms with Crippen LogP contribution in [0.4, 0.5) is 4.39 Å². The number of carbonyl (C=O) groups excluding carboxylic acids is 1. The molecule has 1 aromatic heterocycles. The Morgan fingerprint density at radius 1 is 1.30 bits per heavy atom. The SMILES string of the molecule is CC(c1ccc(Cl)cc1)N(C)C(=O)c1cccnc1F. The van der Waals surface area contributed by atoms with E-state index in [0.717, 1.165) is 5.56 Å². The van der Waals surface area contributed by atoms with Gasteiger partial charge in [0.2, 0.25) is 5.95 Å². The zero-order valence-corrected chi connectivity index (χ0v) is 11.9. The highest BCUT2D eigenvalue weighted by Gasteiger charge is 2.21. The molecule has 2 rings (SSSR count). The van der Waals surface area contributed by atoms with Crippen LogP contribution in [0.2, 0.25) is 5.02 Å². The first-order valence-corrected chi connectivity index (χ1v) is 6.51. The van der Waals surface area contributed by atoms with Crippen molar-refractivity contribution in [2.24, 2.45) is 0 Å². The van der Waals surface area contributed by atoms with Crippen LogP contribution in [0, 0.1) is 5.95 Å². The normalized spacial score (nSPS) is 12.0. The molecule has 2 aromatic rings. The minimum absolute atomic E-state index is 0.0317. The highest BCUT2D eigenvalue weighted by atomic mass is 35.5. The van der Waals surface area contributed by atoms with E-state index in [1.807, 2.05) is 19.1 Å².